The third-order valence-electron chi connectivity index (χ3n) is 3.42. The van der Waals surface area contributed by atoms with E-state index in [-0.39, 0.29) is 17.9 Å². The first kappa shape index (κ1) is 14.7. The maximum atomic E-state index is 12.1. The SMILES string of the molecule is CC(C)C(N)C(=O)N(C)CC1COc2ccccc2O1. The van der Waals surface area contributed by atoms with Crippen LogP contribution in [-0.2, 0) is 4.79 Å². The number of carbonyl (C=O) groups excluding carboxylic acids is 1. The molecule has 110 valence electrons. The number of amides is 1. The van der Waals surface area contributed by atoms with Crippen molar-refractivity contribution in [1.29, 1.82) is 0 Å². The van der Waals surface area contributed by atoms with Gasteiger partial charge in [-0.1, -0.05) is 26.0 Å². The zero-order valence-electron chi connectivity index (χ0n) is 12.2. The number of hydrogen-bond donors (Lipinski definition) is 1. The van der Waals surface area contributed by atoms with Crippen LogP contribution in [0, 0.1) is 5.92 Å². The third-order valence-corrected chi connectivity index (χ3v) is 3.42. The minimum absolute atomic E-state index is 0.0672. The first-order chi connectivity index (χ1) is 9.49. The molecule has 1 aromatic carbocycles. The maximum Gasteiger partial charge on any atom is 0.239 e. The fraction of sp³-hybridized carbons (Fsp3) is 0.533. The van der Waals surface area contributed by atoms with Gasteiger partial charge in [-0.15, -0.1) is 0 Å². The van der Waals surface area contributed by atoms with Crippen LogP contribution in [-0.4, -0.2) is 43.2 Å². The first-order valence-corrected chi connectivity index (χ1v) is 6.88. The highest BCUT2D eigenvalue weighted by molar-refractivity contribution is 5.81. The van der Waals surface area contributed by atoms with Crippen LogP contribution >= 0.6 is 0 Å². The molecule has 1 aromatic rings. The standard InChI is InChI=1S/C15H22N2O3/c1-10(2)14(16)15(18)17(3)8-11-9-19-12-6-4-5-7-13(12)20-11/h4-7,10-11,14H,8-9,16H2,1-3H3. The average molecular weight is 278 g/mol. The summed E-state index contributed by atoms with van der Waals surface area (Å²) in [6.07, 6.45) is -0.168. The van der Waals surface area contributed by atoms with E-state index in [0.717, 1.165) is 11.5 Å². The van der Waals surface area contributed by atoms with Gasteiger partial charge in [0.1, 0.15) is 6.61 Å². The zero-order valence-corrected chi connectivity index (χ0v) is 12.2. The van der Waals surface area contributed by atoms with Gasteiger partial charge in [0, 0.05) is 7.05 Å². The molecule has 0 spiro atoms. The van der Waals surface area contributed by atoms with Gasteiger partial charge in [-0.25, -0.2) is 0 Å². The van der Waals surface area contributed by atoms with Crippen molar-refractivity contribution in [3.05, 3.63) is 24.3 Å². The lowest BCUT2D eigenvalue weighted by Crippen LogP contribution is -2.49. The molecule has 0 saturated heterocycles. The Balaban J connectivity index is 1.93. The van der Waals surface area contributed by atoms with E-state index in [1.807, 2.05) is 38.1 Å². The van der Waals surface area contributed by atoms with Crippen molar-refractivity contribution < 1.29 is 14.3 Å². The van der Waals surface area contributed by atoms with Gasteiger partial charge in [-0.3, -0.25) is 4.79 Å². The number of nitrogens with zero attached hydrogens (tertiary/aromatic N) is 1. The summed E-state index contributed by atoms with van der Waals surface area (Å²) in [7, 11) is 1.74. The fourth-order valence-corrected chi connectivity index (χ4v) is 2.09. The largest absolute Gasteiger partial charge is 0.486 e. The number of ether oxygens (including phenoxy) is 2. The van der Waals surface area contributed by atoms with E-state index in [4.69, 9.17) is 15.2 Å². The number of fused-ring (bicyclic) bond motifs is 1. The molecule has 0 fully saturated rings. The second-order valence-electron chi connectivity index (χ2n) is 5.49. The molecule has 0 saturated carbocycles. The minimum Gasteiger partial charge on any atom is -0.486 e. The van der Waals surface area contributed by atoms with Crippen molar-refractivity contribution in [2.24, 2.45) is 11.7 Å². The van der Waals surface area contributed by atoms with Crippen LogP contribution < -0.4 is 15.2 Å². The third kappa shape index (κ3) is 3.22. The van der Waals surface area contributed by atoms with Crippen molar-refractivity contribution in [3.63, 3.8) is 0 Å². The van der Waals surface area contributed by atoms with Crippen LogP contribution in [0.3, 0.4) is 0 Å². The highest BCUT2D eigenvalue weighted by atomic mass is 16.6. The summed E-state index contributed by atoms with van der Waals surface area (Å²) < 4.78 is 11.5. The lowest BCUT2D eigenvalue weighted by molar-refractivity contribution is -0.133. The molecule has 5 nitrogen and oxygen atoms in total. The van der Waals surface area contributed by atoms with E-state index in [0.29, 0.717) is 13.2 Å². The zero-order chi connectivity index (χ0) is 14.7. The van der Waals surface area contributed by atoms with Crippen molar-refractivity contribution in [2.75, 3.05) is 20.2 Å². The van der Waals surface area contributed by atoms with Gasteiger partial charge < -0.3 is 20.1 Å². The molecule has 0 bridgehead atoms. The predicted octanol–water partition coefficient (Wildman–Crippen LogP) is 1.27. The van der Waals surface area contributed by atoms with Gasteiger partial charge in [0.05, 0.1) is 12.6 Å². The molecular formula is C15H22N2O3. The predicted molar refractivity (Wildman–Crippen MR) is 76.8 cm³/mol. The van der Waals surface area contributed by atoms with E-state index in [9.17, 15) is 4.79 Å². The molecule has 0 aliphatic carbocycles. The molecule has 20 heavy (non-hydrogen) atoms. The molecular weight excluding hydrogens is 256 g/mol. The van der Waals surface area contributed by atoms with Crippen molar-refractivity contribution in [3.8, 4) is 11.5 Å². The van der Waals surface area contributed by atoms with Gasteiger partial charge >= 0.3 is 0 Å². The smallest absolute Gasteiger partial charge is 0.239 e. The highest BCUT2D eigenvalue weighted by Gasteiger charge is 2.26. The fourth-order valence-electron chi connectivity index (χ4n) is 2.09. The van der Waals surface area contributed by atoms with Crippen LogP contribution in [0.15, 0.2) is 24.3 Å². The molecule has 2 N–H and O–H groups in total. The van der Waals surface area contributed by atoms with E-state index >= 15 is 0 Å². The minimum atomic E-state index is -0.475. The highest BCUT2D eigenvalue weighted by Crippen LogP contribution is 2.30. The second-order valence-corrected chi connectivity index (χ2v) is 5.49. The van der Waals surface area contributed by atoms with Crippen molar-refractivity contribution in [2.45, 2.75) is 26.0 Å². The average Bonchev–Trinajstić information content (AvgIpc) is 2.45. The van der Waals surface area contributed by atoms with Crippen molar-refractivity contribution >= 4 is 5.91 Å². The van der Waals surface area contributed by atoms with Crippen molar-refractivity contribution in [1.82, 2.24) is 4.90 Å². The van der Waals surface area contributed by atoms with E-state index in [2.05, 4.69) is 0 Å². The number of para-hydroxylation sites is 2. The summed E-state index contributed by atoms with van der Waals surface area (Å²) in [6, 6.07) is 7.06. The summed E-state index contributed by atoms with van der Waals surface area (Å²) in [5.74, 6) is 1.52. The van der Waals surface area contributed by atoms with Crippen LogP contribution in [0.5, 0.6) is 11.5 Å². The van der Waals surface area contributed by atoms with E-state index in [1.165, 1.54) is 0 Å². The number of carbonyl (C=O) groups is 1. The Morgan fingerprint density at radius 3 is 2.70 bits per heavy atom. The van der Waals surface area contributed by atoms with E-state index in [1.54, 1.807) is 11.9 Å². The Hall–Kier alpha value is -1.75. The number of rotatable bonds is 4. The van der Waals surface area contributed by atoms with E-state index < -0.39 is 6.04 Å². The van der Waals surface area contributed by atoms with Crippen LogP contribution in [0.4, 0.5) is 0 Å². The molecule has 1 heterocycles. The Labute approximate surface area is 119 Å². The quantitative estimate of drug-likeness (QED) is 0.900. The van der Waals surface area contributed by atoms with Gasteiger partial charge in [-0.05, 0) is 18.1 Å². The molecule has 0 radical (unpaired) electrons. The number of likely N-dealkylation sites (N-methyl/N-ethyl adjacent to an activating group) is 1. The van der Waals surface area contributed by atoms with Gasteiger partial charge in [0.2, 0.25) is 5.91 Å². The van der Waals surface area contributed by atoms with Gasteiger partial charge in [-0.2, -0.15) is 0 Å². The molecule has 1 amide bonds. The summed E-state index contributed by atoms with van der Waals surface area (Å²) in [6.45, 7) is 4.78. The molecule has 1 aliphatic rings. The first-order valence-electron chi connectivity index (χ1n) is 6.88. The summed E-state index contributed by atoms with van der Waals surface area (Å²) >= 11 is 0. The Morgan fingerprint density at radius 1 is 1.40 bits per heavy atom. The Morgan fingerprint density at radius 2 is 2.05 bits per heavy atom. The molecule has 2 atom stereocenters. The summed E-state index contributed by atoms with van der Waals surface area (Å²) in [5.41, 5.74) is 5.88. The Kier molecular flexibility index (Phi) is 4.49. The Bertz CT molecular complexity index is 476. The lowest BCUT2D eigenvalue weighted by Gasteiger charge is -2.31. The van der Waals surface area contributed by atoms with Gasteiger partial charge in [0.25, 0.3) is 0 Å². The molecule has 2 rings (SSSR count). The van der Waals surface area contributed by atoms with Gasteiger partial charge in [0.15, 0.2) is 17.6 Å². The number of nitrogens with two attached hydrogens (primary N) is 1. The lowest BCUT2D eigenvalue weighted by atomic mass is 10.0. The van der Waals surface area contributed by atoms with Crippen LogP contribution in [0.25, 0.3) is 0 Å². The molecule has 2 unspecified atom stereocenters. The summed E-state index contributed by atoms with van der Waals surface area (Å²) in [5, 5.41) is 0. The topological polar surface area (TPSA) is 64.8 Å². The molecule has 1 aliphatic heterocycles. The summed E-state index contributed by atoms with van der Waals surface area (Å²) in [4.78, 5) is 13.7. The van der Waals surface area contributed by atoms with Crippen LogP contribution in [0.1, 0.15) is 13.8 Å². The normalized spacial score (nSPS) is 18.8. The number of hydrogen-bond acceptors (Lipinski definition) is 4. The van der Waals surface area contributed by atoms with Crippen LogP contribution in [0.2, 0.25) is 0 Å². The monoisotopic (exact) mass is 278 g/mol. The second kappa shape index (κ2) is 6.13. The number of benzene rings is 1. The molecule has 0 aromatic heterocycles. The maximum absolute atomic E-state index is 12.1. The molecule has 5 heteroatoms.